The van der Waals surface area contributed by atoms with Gasteiger partial charge in [0.1, 0.15) is 0 Å². The van der Waals surface area contributed by atoms with Crippen molar-refractivity contribution in [2.75, 3.05) is 0 Å². The Morgan fingerprint density at radius 3 is 1.82 bits per heavy atom. The third kappa shape index (κ3) is 5.24. The van der Waals surface area contributed by atoms with E-state index in [4.69, 9.17) is 5.14 Å². The van der Waals surface area contributed by atoms with Crippen LogP contribution in [0.15, 0.2) is 59.8 Å². The zero-order valence-corrected chi connectivity index (χ0v) is 10.3. The zero-order valence-electron chi connectivity index (χ0n) is 9.45. The van der Waals surface area contributed by atoms with Crippen LogP contribution >= 0.6 is 0 Å². The second kappa shape index (κ2) is 6.12. The summed E-state index contributed by atoms with van der Waals surface area (Å²) in [7, 11) is -3.52. The van der Waals surface area contributed by atoms with Crippen molar-refractivity contribution in [1.29, 1.82) is 0 Å². The molecular formula is C12H14N2O2S. The molecule has 0 amide bonds. The van der Waals surface area contributed by atoms with Gasteiger partial charge < -0.3 is 0 Å². The molecule has 5 heteroatoms. The van der Waals surface area contributed by atoms with E-state index in [0.29, 0.717) is 0 Å². The summed E-state index contributed by atoms with van der Waals surface area (Å²) in [5, 5.41) is 4.88. The number of nitrogens with zero attached hydrogens (tertiary/aromatic N) is 1. The van der Waals surface area contributed by atoms with Crippen molar-refractivity contribution < 1.29 is 8.42 Å². The molecule has 0 fully saturated rings. The second-order valence-corrected chi connectivity index (χ2v) is 4.94. The first-order chi connectivity index (χ1) is 8.00. The van der Waals surface area contributed by atoms with Crippen molar-refractivity contribution in [1.82, 2.24) is 4.98 Å². The SMILES string of the molecule is Cc1ccc(S(N)(=O)=O)cc1.c1ccncc1. The summed E-state index contributed by atoms with van der Waals surface area (Å²) < 4.78 is 21.4. The van der Waals surface area contributed by atoms with Gasteiger partial charge in [-0.1, -0.05) is 23.8 Å². The van der Waals surface area contributed by atoms with Gasteiger partial charge in [-0.05, 0) is 31.2 Å². The number of primary sulfonamides is 1. The summed E-state index contributed by atoms with van der Waals surface area (Å²) in [5.41, 5.74) is 1.01. The Morgan fingerprint density at radius 1 is 1.00 bits per heavy atom. The highest BCUT2D eigenvalue weighted by Gasteiger charge is 2.04. The van der Waals surface area contributed by atoms with Crippen molar-refractivity contribution in [2.45, 2.75) is 11.8 Å². The first-order valence-corrected chi connectivity index (χ1v) is 6.49. The summed E-state index contributed by atoms with van der Waals surface area (Å²) in [5.74, 6) is 0. The zero-order chi connectivity index (χ0) is 12.7. The van der Waals surface area contributed by atoms with Crippen LogP contribution in [0.25, 0.3) is 0 Å². The normalized spacial score (nSPS) is 10.2. The second-order valence-electron chi connectivity index (χ2n) is 3.38. The molecule has 2 rings (SSSR count). The monoisotopic (exact) mass is 250 g/mol. The molecule has 0 aliphatic heterocycles. The van der Waals surface area contributed by atoms with Crippen LogP contribution < -0.4 is 5.14 Å². The van der Waals surface area contributed by atoms with E-state index >= 15 is 0 Å². The number of hydrogen-bond acceptors (Lipinski definition) is 3. The lowest BCUT2D eigenvalue weighted by Crippen LogP contribution is -2.11. The fraction of sp³-hybridized carbons (Fsp3) is 0.0833. The van der Waals surface area contributed by atoms with Crippen LogP contribution in [-0.4, -0.2) is 13.4 Å². The van der Waals surface area contributed by atoms with Crippen LogP contribution in [0.1, 0.15) is 5.56 Å². The first kappa shape index (κ1) is 13.3. The number of sulfonamides is 1. The van der Waals surface area contributed by atoms with E-state index in [-0.39, 0.29) is 4.90 Å². The van der Waals surface area contributed by atoms with Gasteiger partial charge in [-0.2, -0.15) is 0 Å². The number of nitrogens with two attached hydrogens (primary N) is 1. The number of aromatic nitrogens is 1. The minimum absolute atomic E-state index is 0.156. The molecular weight excluding hydrogens is 236 g/mol. The number of pyridine rings is 1. The van der Waals surface area contributed by atoms with Gasteiger partial charge in [-0.25, -0.2) is 13.6 Å². The molecule has 90 valence electrons. The molecule has 0 spiro atoms. The lowest BCUT2D eigenvalue weighted by molar-refractivity contribution is 0.598. The Labute approximate surface area is 101 Å². The summed E-state index contributed by atoms with van der Waals surface area (Å²) in [4.78, 5) is 3.94. The van der Waals surface area contributed by atoms with Crippen LogP contribution in [0, 0.1) is 6.92 Å². The van der Waals surface area contributed by atoms with E-state index in [9.17, 15) is 8.42 Å². The standard InChI is InChI=1S/C7H9NO2S.C5H5N/c1-6-2-4-7(5-3-6)11(8,9)10;1-2-4-6-5-3-1/h2-5H,1H3,(H2,8,9,10);1-5H. The van der Waals surface area contributed by atoms with E-state index in [0.717, 1.165) is 5.56 Å². The molecule has 0 radical (unpaired) electrons. The average molecular weight is 250 g/mol. The van der Waals surface area contributed by atoms with Gasteiger partial charge in [0.05, 0.1) is 4.90 Å². The maximum absolute atomic E-state index is 10.7. The molecule has 0 atom stereocenters. The lowest BCUT2D eigenvalue weighted by atomic mass is 10.2. The molecule has 0 unspecified atom stereocenters. The third-order valence-electron chi connectivity index (χ3n) is 1.92. The molecule has 0 saturated heterocycles. The van der Waals surface area contributed by atoms with E-state index in [1.54, 1.807) is 24.5 Å². The number of rotatable bonds is 1. The third-order valence-corrected chi connectivity index (χ3v) is 2.85. The van der Waals surface area contributed by atoms with E-state index in [1.165, 1.54) is 12.1 Å². The average Bonchev–Trinajstić information content (AvgIpc) is 2.31. The molecule has 2 aromatic rings. The van der Waals surface area contributed by atoms with Crippen LogP contribution in [-0.2, 0) is 10.0 Å². The van der Waals surface area contributed by atoms with Gasteiger partial charge in [-0.15, -0.1) is 0 Å². The van der Waals surface area contributed by atoms with Crippen LogP contribution in [0.5, 0.6) is 0 Å². The maximum Gasteiger partial charge on any atom is 0.238 e. The Balaban J connectivity index is 0.000000202. The summed E-state index contributed by atoms with van der Waals surface area (Å²) in [6, 6.07) is 12.1. The van der Waals surface area contributed by atoms with Crippen molar-refractivity contribution >= 4 is 10.0 Å². The quantitative estimate of drug-likeness (QED) is 0.837. The maximum atomic E-state index is 10.7. The molecule has 17 heavy (non-hydrogen) atoms. The van der Waals surface area contributed by atoms with Gasteiger partial charge in [0.25, 0.3) is 0 Å². The number of hydrogen-bond donors (Lipinski definition) is 1. The van der Waals surface area contributed by atoms with Gasteiger partial charge in [0.2, 0.25) is 10.0 Å². The fourth-order valence-electron chi connectivity index (χ4n) is 1.04. The lowest BCUT2D eigenvalue weighted by Gasteiger charge is -1.96. The number of benzene rings is 1. The molecule has 0 aliphatic rings. The van der Waals surface area contributed by atoms with Crippen molar-refractivity contribution in [3.8, 4) is 0 Å². The van der Waals surface area contributed by atoms with Crippen molar-refractivity contribution in [3.63, 3.8) is 0 Å². The summed E-state index contributed by atoms with van der Waals surface area (Å²) >= 11 is 0. The van der Waals surface area contributed by atoms with Gasteiger partial charge in [0.15, 0.2) is 0 Å². The van der Waals surface area contributed by atoms with Crippen LogP contribution in [0.4, 0.5) is 0 Å². The molecule has 1 heterocycles. The molecule has 1 aromatic heterocycles. The van der Waals surface area contributed by atoms with Crippen LogP contribution in [0.2, 0.25) is 0 Å². The smallest absolute Gasteiger partial charge is 0.238 e. The Kier molecular flexibility index (Phi) is 4.81. The molecule has 0 saturated carbocycles. The van der Waals surface area contributed by atoms with Crippen molar-refractivity contribution in [2.24, 2.45) is 5.14 Å². The highest BCUT2D eigenvalue weighted by Crippen LogP contribution is 2.06. The Bertz CT molecular complexity index is 510. The Hall–Kier alpha value is -1.72. The topological polar surface area (TPSA) is 73.1 Å². The van der Waals surface area contributed by atoms with Gasteiger partial charge >= 0.3 is 0 Å². The van der Waals surface area contributed by atoms with Gasteiger partial charge in [-0.3, -0.25) is 4.98 Å². The summed E-state index contributed by atoms with van der Waals surface area (Å²) in [6.45, 7) is 1.88. The molecule has 0 aliphatic carbocycles. The molecule has 0 bridgehead atoms. The fourth-order valence-corrected chi connectivity index (χ4v) is 1.56. The van der Waals surface area contributed by atoms with Gasteiger partial charge in [0, 0.05) is 12.4 Å². The first-order valence-electron chi connectivity index (χ1n) is 4.94. The van der Waals surface area contributed by atoms with Crippen LogP contribution in [0.3, 0.4) is 0 Å². The molecule has 4 nitrogen and oxygen atoms in total. The predicted octanol–water partition coefficient (Wildman–Crippen LogP) is 1.72. The van der Waals surface area contributed by atoms with E-state index < -0.39 is 10.0 Å². The molecule has 2 N–H and O–H groups in total. The predicted molar refractivity (Wildman–Crippen MR) is 66.8 cm³/mol. The van der Waals surface area contributed by atoms with Crippen molar-refractivity contribution in [3.05, 3.63) is 60.4 Å². The number of aryl methyl sites for hydroxylation is 1. The van der Waals surface area contributed by atoms with E-state index in [1.807, 2.05) is 25.1 Å². The summed E-state index contributed by atoms with van der Waals surface area (Å²) in [6.07, 6.45) is 3.50. The molecule has 1 aromatic carbocycles. The largest absolute Gasteiger partial charge is 0.265 e. The minimum atomic E-state index is -3.52. The Morgan fingerprint density at radius 2 is 1.53 bits per heavy atom. The highest BCUT2D eigenvalue weighted by molar-refractivity contribution is 7.89. The minimum Gasteiger partial charge on any atom is -0.265 e. The van der Waals surface area contributed by atoms with E-state index in [2.05, 4.69) is 4.98 Å². The highest BCUT2D eigenvalue weighted by atomic mass is 32.2.